The summed E-state index contributed by atoms with van der Waals surface area (Å²) in [6, 6.07) is 8.68. The standard InChI is InChI=1S/C32H44O8/c1-17-14-23-31(16-38-23,40-20(4)33)25-27(39-28(35)21-12-10-9-11-13-21)32(36)15-22(37-8)18(2)24(29(32,5)6)19(3)26(34)30(17,25)7/h9-13,17,19,22-23,25-27,34,36H,14-16H2,1-8H3/t17-,19-,22-,23+,25-,26-,27-,30+,31-,32+/m0/s1. The Balaban J connectivity index is 1.81. The Kier molecular flexibility index (Phi) is 7.05. The summed E-state index contributed by atoms with van der Waals surface area (Å²) in [5.41, 5.74) is -2.42. The van der Waals surface area contributed by atoms with E-state index in [1.165, 1.54) is 6.92 Å². The number of aliphatic hydroxyl groups is 2. The first-order valence-electron chi connectivity index (χ1n) is 14.4. The van der Waals surface area contributed by atoms with E-state index in [0.29, 0.717) is 12.0 Å². The molecule has 1 heterocycles. The fraction of sp³-hybridized carbons (Fsp3) is 0.688. The van der Waals surface area contributed by atoms with Crippen LogP contribution in [0.15, 0.2) is 41.5 Å². The van der Waals surface area contributed by atoms with Gasteiger partial charge in [0.25, 0.3) is 0 Å². The summed E-state index contributed by atoms with van der Waals surface area (Å²) >= 11 is 0. The molecule has 8 heteroatoms. The lowest BCUT2D eigenvalue weighted by Crippen LogP contribution is -2.80. The van der Waals surface area contributed by atoms with Crippen LogP contribution in [0.25, 0.3) is 0 Å². The van der Waals surface area contributed by atoms with Crippen LogP contribution in [0, 0.1) is 28.6 Å². The minimum Gasteiger partial charge on any atom is -0.455 e. The van der Waals surface area contributed by atoms with E-state index in [1.807, 2.05) is 40.7 Å². The van der Waals surface area contributed by atoms with Gasteiger partial charge in [0, 0.05) is 37.2 Å². The Morgan fingerprint density at radius 2 is 1.75 bits per heavy atom. The Labute approximate surface area is 237 Å². The molecule has 2 N–H and O–H groups in total. The van der Waals surface area contributed by atoms with Crippen molar-refractivity contribution in [1.29, 1.82) is 0 Å². The van der Waals surface area contributed by atoms with Crippen molar-refractivity contribution in [2.45, 2.75) is 96.9 Å². The molecule has 1 aromatic rings. The quantitative estimate of drug-likeness (QED) is 0.422. The average molecular weight is 557 g/mol. The lowest BCUT2D eigenvalue weighted by molar-refractivity contribution is -0.357. The van der Waals surface area contributed by atoms with E-state index < -0.39 is 64.3 Å². The summed E-state index contributed by atoms with van der Waals surface area (Å²) in [7, 11) is 1.60. The van der Waals surface area contributed by atoms with Crippen LogP contribution in [0.2, 0.25) is 0 Å². The number of ether oxygens (including phenoxy) is 4. The highest BCUT2D eigenvalue weighted by molar-refractivity contribution is 5.89. The Bertz CT molecular complexity index is 1210. The van der Waals surface area contributed by atoms with Crippen molar-refractivity contribution < 1.29 is 38.7 Å². The van der Waals surface area contributed by atoms with Gasteiger partial charge in [-0.2, -0.15) is 0 Å². The SMILES string of the molecule is CO[C@H]1C[C@@]2(O)[C@@H](OC(=O)c3ccccc3)[C@@H]3[C@]4(OC(C)=O)CO[C@@H]4C[C@H](C)[C@@]3(C)[C@@H](O)[C@@H](C)C(=C1C)C2(C)C. The number of rotatable bonds is 4. The second kappa shape index (κ2) is 9.65. The number of hydrogen-bond donors (Lipinski definition) is 2. The van der Waals surface area contributed by atoms with E-state index in [0.717, 1.165) is 11.1 Å². The number of carbonyl (C=O) groups is 2. The highest BCUT2D eigenvalue weighted by atomic mass is 16.6. The van der Waals surface area contributed by atoms with Crippen LogP contribution < -0.4 is 0 Å². The van der Waals surface area contributed by atoms with Crippen LogP contribution in [0.5, 0.6) is 0 Å². The molecule has 40 heavy (non-hydrogen) atoms. The molecule has 0 radical (unpaired) electrons. The zero-order valence-electron chi connectivity index (χ0n) is 24.9. The zero-order chi connectivity index (χ0) is 29.4. The maximum atomic E-state index is 13.8. The lowest BCUT2D eigenvalue weighted by Gasteiger charge is -2.70. The number of hydrogen-bond acceptors (Lipinski definition) is 8. The van der Waals surface area contributed by atoms with Crippen molar-refractivity contribution in [2.24, 2.45) is 28.6 Å². The third-order valence-electron chi connectivity index (χ3n) is 11.2. The number of aliphatic hydroxyl groups excluding tert-OH is 1. The van der Waals surface area contributed by atoms with Gasteiger partial charge in [0.05, 0.1) is 30.3 Å². The maximum absolute atomic E-state index is 13.8. The summed E-state index contributed by atoms with van der Waals surface area (Å²) < 4.78 is 24.5. The second-order valence-corrected chi connectivity index (χ2v) is 13.3. The second-order valence-electron chi connectivity index (χ2n) is 13.3. The predicted molar refractivity (Wildman–Crippen MR) is 147 cm³/mol. The Hall–Kier alpha value is -2.26. The van der Waals surface area contributed by atoms with Crippen LogP contribution in [-0.2, 0) is 23.7 Å². The molecule has 0 spiro atoms. The van der Waals surface area contributed by atoms with Gasteiger partial charge in [-0.05, 0) is 37.0 Å². The summed E-state index contributed by atoms with van der Waals surface area (Å²) in [5, 5.41) is 25.5. The topological polar surface area (TPSA) is 112 Å². The number of fused-ring (bicyclic) bond motifs is 5. The summed E-state index contributed by atoms with van der Waals surface area (Å²) in [6.45, 7) is 13.4. The van der Waals surface area contributed by atoms with Gasteiger partial charge in [0.1, 0.15) is 17.8 Å². The summed E-state index contributed by atoms with van der Waals surface area (Å²) in [6.07, 6.45) is -2.23. The van der Waals surface area contributed by atoms with Crippen molar-refractivity contribution in [2.75, 3.05) is 13.7 Å². The van der Waals surface area contributed by atoms with Gasteiger partial charge < -0.3 is 29.2 Å². The maximum Gasteiger partial charge on any atom is 0.338 e. The fourth-order valence-corrected chi connectivity index (χ4v) is 8.96. The number of carbonyl (C=O) groups excluding carboxylic acids is 2. The van der Waals surface area contributed by atoms with Crippen LogP contribution >= 0.6 is 0 Å². The predicted octanol–water partition coefficient (Wildman–Crippen LogP) is 4.08. The van der Waals surface area contributed by atoms with Gasteiger partial charge in [-0.1, -0.05) is 58.4 Å². The molecule has 3 fully saturated rings. The van der Waals surface area contributed by atoms with Gasteiger partial charge in [-0.15, -0.1) is 0 Å². The minimum absolute atomic E-state index is 0.0939. The molecule has 3 aliphatic carbocycles. The molecule has 2 saturated carbocycles. The van der Waals surface area contributed by atoms with Crippen molar-refractivity contribution in [3.63, 3.8) is 0 Å². The van der Waals surface area contributed by atoms with Gasteiger partial charge in [0.2, 0.25) is 0 Å². The molecule has 0 amide bonds. The highest BCUT2D eigenvalue weighted by Gasteiger charge is 2.76. The van der Waals surface area contributed by atoms with Crippen LogP contribution in [-0.4, -0.2) is 71.5 Å². The van der Waals surface area contributed by atoms with Gasteiger partial charge in [0.15, 0.2) is 5.60 Å². The molecule has 2 bridgehead atoms. The first kappa shape index (κ1) is 29.2. The molecule has 1 aromatic carbocycles. The molecular weight excluding hydrogens is 512 g/mol. The van der Waals surface area contributed by atoms with Crippen molar-refractivity contribution in [3.05, 3.63) is 47.0 Å². The van der Waals surface area contributed by atoms with Crippen LogP contribution in [0.4, 0.5) is 0 Å². The van der Waals surface area contributed by atoms with Crippen LogP contribution in [0.3, 0.4) is 0 Å². The first-order valence-corrected chi connectivity index (χ1v) is 14.4. The average Bonchev–Trinajstić information content (AvgIpc) is 2.90. The van der Waals surface area contributed by atoms with E-state index in [1.54, 1.807) is 31.4 Å². The normalized spacial score (nSPS) is 43.8. The molecule has 1 aliphatic heterocycles. The smallest absolute Gasteiger partial charge is 0.338 e. The van der Waals surface area contributed by atoms with Crippen molar-refractivity contribution >= 4 is 11.9 Å². The molecule has 10 atom stereocenters. The Morgan fingerprint density at radius 1 is 1.10 bits per heavy atom. The largest absolute Gasteiger partial charge is 0.455 e. The fourth-order valence-electron chi connectivity index (χ4n) is 8.96. The van der Waals surface area contributed by atoms with E-state index in [-0.39, 0.29) is 24.9 Å². The molecular formula is C32H44O8. The number of methoxy groups -OCH3 is 1. The first-order chi connectivity index (χ1) is 18.7. The van der Waals surface area contributed by atoms with Gasteiger partial charge >= 0.3 is 11.9 Å². The van der Waals surface area contributed by atoms with E-state index in [9.17, 15) is 19.8 Å². The van der Waals surface area contributed by atoms with E-state index in [2.05, 4.69) is 6.92 Å². The zero-order valence-corrected chi connectivity index (χ0v) is 24.9. The third-order valence-corrected chi connectivity index (χ3v) is 11.2. The molecule has 0 aromatic heterocycles. The Morgan fingerprint density at radius 3 is 2.30 bits per heavy atom. The lowest BCUT2D eigenvalue weighted by atomic mass is 9.42. The number of esters is 2. The van der Waals surface area contributed by atoms with Gasteiger partial charge in [-0.3, -0.25) is 4.79 Å². The molecule has 1 saturated heterocycles. The van der Waals surface area contributed by atoms with E-state index in [4.69, 9.17) is 18.9 Å². The van der Waals surface area contributed by atoms with E-state index >= 15 is 0 Å². The van der Waals surface area contributed by atoms with Gasteiger partial charge in [-0.25, -0.2) is 4.79 Å². The summed E-state index contributed by atoms with van der Waals surface area (Å²) in [5.74, 6) is -2.30. The molecule has 4 aliphatic rings. The van der Waals surface area contributed by atoms with Crippen molar-refractivity contribution in [3.8, 4) is 0 Å². The molecule has 8 nitrogen and oxygen atoms in total. The summed E-state index contributed by atoms with van der Waals surface area (Å²) in [4.78, 5) is 26.4. The highest BCUT2D eigenvalue weighted by Crippen LogP contribution is 2.67. The minimum atomic E-state index is -1.63. The third kappa shape index (κ3) is 3.79. The molecule has 0 unspecified atom stereocenters. The van der Waals surface area contributed by atoms with Crippen molar-refractivity contribution in [1.82, 2.24) is 0 Å². The number of benzene rings is 1. The van der Waals surface area contributed by atoms with Crippen LogP contribution in [0.1, 0.15) is 71.7 Å². The monoisotopic (exact) mass is 556 g/mol. The molecule has 5 rings (SSSR count). The molecule has 220 valence electrons.